The van der Waals surface area contributed by atoms with E-state index in [0.717, 1.165) is 0 Å². The average Bonchev–Trinajstić information content (AvgIpc) is 2.70. The van der Waals surface area contributed by atoms with Crippen LogP contribution in [0.15, 0.2) is 71.6 Å². The van der Waals surface area contributed by atoms with E-state index in [4.69, 9.17) is 11.6 Å². The summed E-state index contributed by atoms with van der Waals surface area (Å²) in [5, 5.41) is 5.59. The van der Waals surface area contributed by atoms with Gasteiger partial charge in [-0.2, -0.15) is 0 Å². The minimum Gasteiger partial charge on any atom is -0.334 e. The maximum atomic E-state index is 13.6. The lowest BCUT2D eigenvalue weighted by Crippen LogP contribution is -2.28. The minimum atomic E-state index is -3.89. The monoisotopic (exact) mass is 447 g/mol. The van der Waals surface area contributed by atoms with Crippen LogP contribution in [0.1, 0.15) is 11.1 Å². The van der Waals surface area contributed by atoms with Gasteiger partial charge in [0, 0.05) is 28.5 Å². The molecular formula is C21H19ClFN3O3S. The Bertz CT molecular complexity index is 1170. The van der Waals surface area contributed by atoms with E-state index in [1.54, 1.807) is 61.5 Å². The van der Waals surface area contributed by atoms with Gasteiger partial charge in [-0.15, -0.1) is 0 Å². The first-order valence-corrected chi connectivity index (χ1v) is 10.8. The van der Waals surface area contributed by atoms with Crippen LogP contribution in [0.5, 0.6) is 0 Å². The Hall–Kier alpha value is -3.10. The highest BCUT2D eigenvalue weighted by Gasteiger charge is 2.18. The lowest BCUT2D eigenvalue weighted by Gasteiger charge is -2.13. The van der Waals surface area contributed by atoms with Crippen molar-refractivity contribution in [3.63, 3.8) is 0 Å². The second-order valence-electron chi connectivity index (χ2n) is 6.49. The molecule has 0 saturated carbocycles. The first-order chi connectivity index (χ1) is 14.2. The molecule has 30 heavy (non-hydrogen) atoms. The summed E-state index contributed by atoms with van der Waals surface area (Å²) in [6.07, 6.45) is 0. The van der Waals surface area contributed by atoms with Crippen molar-refractivity contribution in [3.05, 3.63) is 88.7 Å². The zero-order chi connectivity index (χ0) is 21.7. The Morgan fingerprint density at radius 2 is 1.67 bits per heavy atom. The standard InChI is InChI=1S/C21H19ClFN3O3S/c1-14-6-9-18(25-21(27)24-13-15-4-2-3-5-19(15)23)12-20(14)30(28,29)26-17-10-7-16(22)8-11-17/h2-12,26H,13H2,1H3,(H2,24,25,27). The number of carbonyl (C=O) groups excluding carboxylic acids is 1. The van der Waals surface area contributed by atoms with E-state index in [0.29, 0.717) is 21.8 Å². The van der Waals surface area contributed by atoms with Gasteiger partial charge in [-0.1, -0.05) is 35.9 Å². The molecule has 0 aliphatic carbocycles. The molecular weight excluding hydrogens is 429 g/mol. The molecule has 3 aromatic carbocycles. The molecule has 9 heteroatoms. The Morgan fingerprint density at radius 3 is 2.37 bits per heavy atom. The van der Waals surface area contributed by atoms with Gasteiger partial charge in [-0.05, 0) is 55.0 Å². The van der Waals surface area contributed by atoms with Gasteiger partial charge in [0.15, 0.2) is 0 Å². The third kappa shape index (κ3) is 5.49. The molecule has 0 spiro atoms. The van der Waals surface area contributed by atoms with E-state index < -0.39 is 21.9 Å². The highest BCUT2D eigenvalue weighted by molar-refractivity contribution is 7.92. The normalized spacial score (nSPS) is 11.0. The summed E-state index contributed by atoms with van der Waals surface area (Å²) < 4.78 is 41.7. The van der Waals surface area contributed by atoms with E-state index in [9.17, 15) is 17.6 Å². The minimum absolute atomic E-state index is 0.00630. The molecule has 0 aliphatic rings. The molecule has 0 fully saturated rings. The number of nitrogens with one attached hydrogen (secondary N) is 3. The van der Waals surface area contributed by atoms with Gasteiger partial charge in [0.05, 0.1) is 4.90 Å². The van der Waals surface area contributed by atoms with Crippen molar-refractivity contribution >= 4 is 39.0 Å². The molecule has 0 atom stereocenters. The Morgan fingerprint density at radius 1 is 1.00 bits per heavy atom. The highest BCUT2D eigenvalue weighted by Crippen LogP contribution is 2.24. The number of rotatable bonds is 6. The summed E-state index contributed by atoms with van der Waals surface area (Å²) in [5.74, 6) is -0.421. The van der Waals surface area contributed by atoms with Crippen molar-refractivity contribution in [3.8, 4) is 0 Å². The number of hydrogen-bond donors (Lipinski definition) is 3. The predicted molar refractivity (Wildman–Crippen MR) is 116 cm³/mol. The number of hydrogen-bond acceptors (Lipinski definition) is 3. The topological polar surface area (TPSA) is 87.3 Å². The van der Waals surface area contributed by atoms with Crippen molar-refractivity contribution < 1.29 is 17.6 Å². The van der Waals surface area contributed by atoms with Crippen LogP contribution in [-0.4, -0.2) is 14.4 Å². The number of carbonyl (C=O) groups is 1. The lowest BCUT2D eigenvalue weighted by atomic mass is 10.2. The van der Waals surface area contributed by atoms with Crippen molar-refractivity contribution in [2.45, 2.75) is 18.4 Å². The van der Waals surface area contributed by atoms with Crippen LogP contribution in [0.3, 0.4) is 0 Å². The number of anilines is 2. The number of sulfonamides is 1. The van der Waals surface area contributed by atoms with Gasteiger partial charge < -0.3 is 10.6 Å². The molecule has 0 heterocycles. The number of urea groups is 1. The van der Waals surface area contributed by atoms with Crippen LogP contribution in [0.4, 0.5) is 20.6 Å². The fourth-order valence-corrected chi connectivity index (χ4v) is 4.14. The first-order valence-electron chi connectivity index (χ1n) is 8.92. The zero-order valence-electron chi connectivity index (χ0n) is 15.9. The van der Waals surface area contributed by atoms with Crippen LogP contribution < -0.4 is 15.4 Å². The number of amides is 2. The Labute approximate surface area is 179 Å². The summed E-state index contributed by atoms with van der Waals surface area (Å²) in [6.45, 7) is 1.64. The second-order valence-corrected chi connectivity index (χ2v) is 8.58. The molecule has 3 rings (SSSR count). The van der Waals surface area contributed by atoms with E-state index in [-0.39, 0.29) is 17.1 Å². The van der Waals surface area contributed by atoms with E-state index in [1.165, 1.54) is 12.1 Å². The number of aryl methyl sites for hydroxylation is 1. The van der Waals surface area contributed by atoms with Gasteiger partial charge in [-0.3, -0.25) is 4.72 Å². The lowest BCUT2D eigenvalue weighted by molar-refractivity contribution is 0.251. The maximum absolute atomic E-state index is 13.6. The largest absolute Gasteiger partial charge is 0.334 e. The third-order valence-electron chi connectivity index (χ3n) is 4.23. The van der Waals surface area contributed by atoms with E-state index in [1.807, 2.05) is 0 Å². The Balaban J connectivity index is 1.71. The van der Waals surface area contributed by atoms with Crippen LogP contribution >= 0.6 is 11.6 Å². The third-order valence-corrected chi connectivity index (χ3v) is 6.00. The molecule has 3 aromatic rings. The number of benzene rings is 3. The maximum Gasteiger partial charge on any atom is 0.319 e. The summed E-state index contributed by atoms with van der Waals surface area (Å²) in [4.78, 5) is 12.2. The van der Waals surface area contributed by atoms with Gasteiger partial charge in [0.25, 0.3) is 10.0 Å². The molecule has 6 nitrogen and oxygen atoms in total. The second kappa shape index (κ2) is 9.15. The van der Waals surface area contributed by atoms with Gasteiger partial charge >= 0.3 is 6.03 Å². The Kier molecular flexibility index (Phi) is 6.59. The van der Waals surface area contributed by atoms with Crippen molar-refractivity contribution in [2.75, 3.05) is 10.0 Å². The summed E-state index contributed by atoms with van der Waals surface area (Å²) in [7, 11) is -3.89. The van der Waals surface area contributed by atoms with Crippen LogP contribution in [0.25, 0.3) is 0 Å². The highest BCUT2D eigenvalue weighted by atomic mass is 35.5. The van der Waals surface area contributed by atoms with Crippen molar-refractivity contribution in [1.29, 1.82) is 0 Å². The molecule has 0 aliphatic heterocycles. The van der Waals surface area contributed by atoms with Gasteiger partial charge in [0.2, 0.25) is 0 Å². The summed E-state index contributed by atoms with van der Waals surface area (Å²) >= 11 is 5.82. The summed E-state index contributed by atoms with van der Waals surface area (Å²) in [6, 6.07) is 16.3. The van der Waals surface area contributed by atoms with E-state index >= 15 is 0 Å². The van der Waals surface area contributed by atoms with E-state index in [2.05, 4.69) is 15.4 Å². The molecule has 0 unspecified atom stereocenters. The van der Waals surface area contributed by atoms with Crippen LogP contribution in [-0.2, 0) is 16.6 Å². The molecule has 0 radical (unpaired) electrons. The summed E-state index contributed by atoms with van der Waals surface area (Å²) in [5.41, 5.74) is 1.49. The van der Waals surface area contributed by atoms with Crippen LogP contribution in [0, 0.1) is 12.7 Å². The SMILES string of the molecule is Cc1ccc(NC(=O)NCc2ccccc2F)cc1S(=O)(=O)Nc1ccc(Cl)cc1. The molecule has 3 N–H and O–H groups in total. The zero-order valence-corrected chi connectivity index (χ0v) is 17.5. The average molecular weight is 448 g/mol. The molecule has 2 amide bonds. The van der Waals surface area contributed by atoms with Crippen molar-refractivity contribution in [2.24, 2.45) is 0 Å². The molecule has 0 bridgehead atoms. The molecule has 0 aromatic heterocycles. The van der Waals surface area contributed by atoms with Gasteiger partial charge in [0.1, 0.15) is 5.82 Å². The first kappa shape index (κ1) is 21.6. The van der Waals surface area contributed by atoms with Gasteiger partial charge in [-0.25, -0.2) is 17.6 Å². The number of halogens is 2. The van der Waals surface area contributed by atoms with Crippen LogP contribution in [0.2, 0.25) is 5.02 Å². The quantitative estimate of drug-likeness (QED) is 0.501. The van der Waals surface area contributed by atoms with Crippen molar-refractivity contribution in [1.82, 2.24) is 5.32 Å². The molecule has 0 saturated heterocycles. The fourth-order valence-electron chi connectivity index (χ4n) is 2.69. The smallest absolute Gasteiger partial charge is 0.319 e. The molecule has 156 valence electrons. The predicted octanol–water partition coefficient (Wildman–Crippen LogP) is 4.91. The fraction of sp³-hybridized carbons (Fsp3) is 0.0952.